The predicted octanol–water partition coefficient (Wildman–Crippen LogP) is 5.13. The van der Waals surface area contributed by atoms with E-state index >= 15 is 0 Å². The smallest absolute Gasteiger partial charge is 0.406 e. The molecule has 8 heteroatoms. The Labute approximate surface area is 132 Å². The van der Waals surface area contributed by atoms with Crippen molar-refractivity contribution in [3.8, 4) is 35.0 Å². The summed E-state index contributed by atoms with van der Waals surface area (Å²) in [7, 11) is 0. The fourth-order valence-corrected chi connectivity index (χ4v) is 1.91. The number of alkyl halides is 6. The Morgan fingerprint density at radius 1 is 0.750 bits per heavy atom. The lowest BCUT2D eigenvalue weighted by Crippen LogP contribution is -2.17. The van der Waals surface area contributed by atoms with Gasteiger partial charge in [-0.3, -0.25) is 0 Å². The first-order valence-corrected chi connectivity index (χ1v) is 6.29. The zero-order valence-corrected chi connectivity index (χ0v) is 11.7. The van der Waals surface area contributed by atoms with Crippen molar-refractivity contribution in [2.24, 2.45) is 0 Å². The Bertz CT molecular complexity index is 771. The molecule has 0 saturated heterocycles. The predicted molar refractivity (Wildman–Crippen MR) is 73.2 cm³/mol. The Hall–Kier alpha value is -2.82. The number of hydrogen-bond donors (Lipinski definition) is 0. The van der Waals surface area contributed by atoms with Gasteiger partial charge >= 0.3 is 12.7 Å². The standard InChI is InChI=1S/C16H8F6O2/c1-2-10-6-12(9-14(7-10)24-16(20,21)22)11-4-3-5-13(8-11)23-15(17,18)19/h1,3-9H. The molecule has 0 spiro atoms. The maximum atomic E-state index is 12.3. The molecule has 2 aromatic rings. The number of terminal acetylenes is 1. The molecule has 0 aliphatic carbocycles. The summed E-state index contributed by atoms with van der Waals surface area (Å²) in [5.41, 5.74) is 0.409. The van der Waals surface area contributed by atoms with E-state index in [1.165, 1.54) is 18.2 Å². The van der Waals surface area contributed by atoms with Crippen LogP contribution in [0.4, 0.5) is 26.3 Å². The van der Waals surface area contributed by atoms with Crippen LogP contribution in [0.15, 0.2) is 42.5 Å². The monoisotopic (exact) mass is 346 g/mol. The van der Waals surface area contributed by atoms with Crippen LogP contribution in [0.3, 0.4) is 0 Å². The summed E-state index contributed by atoms with van der Waals surface area (Å²) in [5, 5.41) is 0. The Morgan fingerprint density at radius 2 is 1.33 bits per heavy atom. The van der Waals surface area contributed by atoms with Crippen LogP contribution < -0.4 is 9.47 Å². The highest BCUT2D eigenvalue weighted by Gasteiger charge is 2.32. The van der Waals surface area contributed by atoms with Crippen molar-refractivity contribution >= 4 is 0 Å². The van der Waals surface area contributed by atoms with Crippen molar-refractivity contribution in [1.29, 1.82) is 0 Å². The zero-order valence-electron chi connectivity index (χ0n) is 11.7. The molecule has 0 aliphatic rings. The third kappa shape index (κ3) is 5.12. The van der Waals surface area contributed by atoms with E-state index in [9.17, 15) is 26.3 Å². The molecule has 0 aromatic heterocycles. The molecule has 0 saturated carbocycles. The quantitative estimate of drug-likeness (QED) is 0.566. The van der Waals surface area contributed by atoms with E-state index in [1.54, 1.807) is 0 Å². The molecule has 0 N–H and O–H groups in total. The van der Waals surface area contributed by atoms with Crippen LogP contribution in [0.1, 0.15) is 5.56 Å². The third-order valence-electron chi connectivity index (χ3n) is 2.71. The molecule has 24 heavy (non-hydrogen) atoms. The van der Waals surface area contributed by atoms with E-state index in [4.69, 9.17) is 6.42 Å². The van der Waals surface area contributed by atoms with Gasteiger partial charge in [0, 0.05) is 5.56 Å². The van der Waals surface area contributed by atoms with Crippen molar-refractivity contribution in [2.75, 3.05) is 0 Å². The molecule has 0 bridgehead atoms. The highest BCUT2D eigenvalue weighted by Crippen LogP contribution is 2.32. The molecule has 0 unspecified atom stereocenters. The van der Waals surface area contributed by atoms with Crippen LogP contribution in [0.2, 0.25) is 0 Å². The SMILES string of the molecule is C#Cc1cc(OC(F)(F)F)cc(-c2cccc(OC(F)(F)F)c2)c1. The average molecular weight is 346 g/mol. The van der Waals surface area contributed by atoms with E-state index in [0.29, 0.717) is 0 Å². The van der Waals surface area contributed by atoms with Crippen LogP contribution in [0, 0.1) is 12.3 Å². The zero-order chi connectivity index (χ0) is 18.0. The van der Waals surface area contributed by atoms with E-state index < -0.39 is 24.2 Å². The van der Waals surface area contributed by atoms with Crippen molar-refractivity contribution in [3.63, 3.8) is 0 Å². The largest absolute Gasteiger partial charge is 0.573 e. The summed E-state index contributed by atoms with van der Waals surface area (Å²) < 4.78 is 81.4. The van der Waals surface area contributed by atoms with E-state index in [2.05, 4.69) is 15.4 Å². The highest BCUT2D eigenvalue weighted by molar-refractivity contribution is 5.68. The fraction of sp³-hybridized carbons (Fsp3) is 0.125. The second-order valence-corrected chi connectivity index (χ2v) is 4.51. The molecular weight excluding hydrogens is 338 g/mol. The van der Waals surface area contributed by atoms with Crippen molar-refractivity contribution in [2.45, 2.75) is 12.7 Å². The maximum Gasteiger partial charge on any atom is 0.573 e. The van der Waals surface area contributed by atoms with Crippen molar-refractivity contribution < 1.29 is 35.8 Å². The fourth-order valence-electron chi connectivity index (χ4n) is 1.91. The summed E-state index contributed by atoms with van der Waals surface area (Å²) in [4.78, 5) is 0. The first-order chi connectivity index (χ1) is 11.1. The van der Waals surface area contributed by atoms with Gasteiger partial charge in [-0.05, 0) is 41.5 Å². The van der Waals surface area contributed by atoms with Gasteiger partial charge in [0.05, 0.1) is 0 Å². The summed E-state index contributed by atoms with van der Waals surface area (Å²) in [6.07, 6.45) is -4.63. The highest BCUT2D eigenvalue weighted by atomic mass is 19.4. The Kier molecular flexibility index (Phi) is 4.64. The van der Waals surface area contributed by atoms with E-state index in [0.717, 1.165) is 24.3 Å². The molecule has 0 aliphatic heterocycles. The molecule has 0 amide bonds. The number of hydrogen-bond acceptors (Lipinski definition) is 2. The molecule has 2 rings (SSSR count). The van der Waals surface area contributed by atoms with Crippen molar-refractivity contribution in [1.82, 2.24) is 0 Å². The van der Waals surface area contributed by atoms with Crippen LogP contribution in [-0.2, 0) is 0 Å². The van der Waals surface area contributed by atoms with Crippen LogP contribution in [0.25, 0.3) is 11.1 Å². The van der Waals surface area contributed by atoms with Gasteiger partial charge in [0.15, 0.2) is 0 Å². The lowest BCUT2D eigenvalue weighted by atomic mass is 10.0. The minimum absolute atomic E-state index is 0.0777. The molecule has 2 nitrogen and oxygen atoms in total. The van der Waals surface area contributed by atoms with Gasteiger partial charge in [0.25, 0.3) is 0 Å². The second-order valence-electron chi connectivity index (χ2n) is 4.51. The molecule has 0 heterocycles. The number of ether oxygens (including phenoxy) is 2. The molecule has 0 atom stereocenters. The Balaban J connectivity index is 2.43. The molecule has 0 radical (unpaired) electrons. The van der Waals surface area contributed by atoms with Crippen LogP contribution in [-0.4, -0.2) is 12.7 Å². The first-order valence-electron chi connectivity index (χ1n) is 6.29. The van der Waals surface area contributed by atoms with Gasteiger partial charge in [-0.2, -0.15) is 0 Å². The summed E-state index contributed by atoms with van der Waals surface area (Å²) in [6, 6.07) is 8.11. The lowest BCUT2D eigenvalue weighted by molar-refractivity contribution is -0.275. The number of benzene rings is 2. The number of halogens is 6. The first kappa shape index (κ1) is 17.5. The molecule has 126 valence electrons. The van der Waals surface area contributed by atoms with E-state index in [1.807, 2.05) is 0 Å². The minimum atomic E-state index is -4.92. The second kappa shape index (κ2) is 6.35. The van der Waals surface area contributed by atoms with Gasteiger partial charge in [-0.25, -0.2) is 0 Å². The molecule has 0 fully saturated rings. The van der Waals surface area contributed by atoms with Gasteiger partial charge < -0.3 is 9.47 Å². The van der Waals surface area contributed by atoms with Crippen LogP contribution >= 0.6 is 0 Å². The van der Waals surface area contributed by atoms with Crippen molar-refractivity contribution in [3.05, 3.63) is 48.0 Å². The molecular formula is C16H8F6O2. The summed E-state index contributed by atoms with van der Waals surface area (Å²) in [6.45, 7) is 0. The summed E-state index contributed by atoms with van der Waals surface area (Å²) in [5.74, 6) is 1.07. The Morgan fingerprint density at radius 3 is 1.92 bits per heavy atom. The normalized spacial score (nSPS) is 11.7. The average Bonchev–Trinajstić information content (AvgIpc) is 2.43. The van der Waals surface area contributed by atoms with Gasteiger partial charge in [-0.15, -0.1) is 32.8 Å². The van der Waals surface area contributed by atoms with Gasteiger partial charge in [0.1, 0.15) is 11.5 Å². The van der Waals surface area contributed by atoms with Crippen LogP contribution in [0.5, 0.6) is 11.5 Å². The minimum Gasteiger partial charge on any atom is -0.406 e. The van der Waals surface area contributed by atoms with Gasteiger partial charge in [0.2, 0.25) is 0 Å². The maximum absolute atomic E-state index is 12.3. The van der Waals surface area contributed by atoms with Gasteiger partial charge in [-0.1, -0.05) is 18.1 Å². The lowest BCUT2D eigenvalue weighted by Gasteiger charge is -2.13. The summed E-state index contributed by atoms with van der Waals surface area (Å²) >= 11 is 0. The van der Waals surface area contributed by atoms with E-state index in [-0.39, 0.29) is 16.7 Å². The molecule has 2 aromatic carbocycles. The topological polar surface area (TPSA) is 18.5 Å². The third-order valence-corrected chi connectivity index (χ3v) is 2.71. The number of rotatable bonds is 3.